The molecule has 0 spiro atoms. The van der Waals surface area contributed by atoms with Crippen molar-refractivity contribution >= 4 is 27.4 Å². The predicted octanol–water partition coefficient (Wildman–Crippen LogP) is 4.32. The molecule has 0 saturated heterocycles. The molecule has 1 saturated carbocycles. The molecule has 0 aromatic carbocycles. The monoisotopic (exact) mass is 275 g/mol. The number of hydrogen-bond donors (Lipinski definition) is 1. The molecule has 1 N–H and O–H groups in total. The summed E-state index contributed by atoms with van der Waals surface area (Å²) in [6.45, 7) is 3.41. The van der Waals surface area contributed by atoms with Crippen LogP contribution in [0.2, 0.25) is 0 Å². The quantitative estimate of drug-likeness (QED) is 0.903. The smallest absolute Gasteiger partial charge is 0.138 e. The summed E-state index contributed by atoms with van der Waals surface area (Å²) in [5.74, 6) is 2.81. The van der Waals surface area contributed by atoms with Crippen molar-refractivity contribution in [3.63, 3.8) is 0 Å². The van der Waals surface area contributed by atoms with E-state index in [0.29, 0.717) is 0 Å². The zero-order valence-corrected chi connectivity index (χ0v) is 12.2. The highest BCUT2D eigenvalue weighted by Gasteiger charge is 2.18. The minimum atomic E-state index is 0.899. The minimum Gasteiger partial charge on any atom is -0.369 e. The van der Waals surface area contributed by atoms with Crippen LogP contribution in [0.5, 0.6) is 0 Å². The fourth-order valence-corrected chi connectivity index (χ4v) is 3.88. The predicted molar refractivity (Wildman–Crippen MR) is 81.6 cm³/mol. The summed E-state index contributed by atoms with van der Waals surface area (Å²) in [6.07, 6.45) is 8.56. The van der Waals surface area contributed by atoms with E-state index in [1.54, 1.807) is 17.7 Å². The molecule has 2 atom stereocenters. The Labute approximate surface area is 118 Å². The second kappa shape index (κ2) is 5.87. The van der Waals surface area contributed by atoms with Crippen molar-refractivity contribution in [3.05, 3.63) is 17.8 Å². The lowest BCUT2D eigenvalue weighted by atomic mass is 9.81. The molecule has 102 valence electrons. The summed E-state index contributed by atoms with van der Waals surface area (Å²) >= 11 is 1.67. The molecule has 19 heavy (non-hydrogen) atoms. The summed E-state index contributed by atoms with van der Waals surface area (Å²) in [5.41, 5.74) is 0. The van der Waals surface area contributed by atoms with E-state index in [0.717, 1.165) is 34.4 Å². The average Bonchev–Trinajstić information content (AvgIpc) is 2.88. The van der Waals surface area contributed by atoms with E-state index < -0.39 is 0 Å². The van der Waals surface area contributed by atoms with E-state index in [-0.39, 0.29) is 0 Å². The van der Waals surface area contributed by atoms with Crippen molar-refractivity contribution in [2.24, 2.45) is 11.8 Å². The highest BCUT2D eigenvalue weighted by Crippen LogP contribution is 2.31. The number of fused-ring (bicyclic) bond motifs is 1. The standard InChI is InChI=1S/C15H21N3S/c1-11-3-2-4-12(9-11)5-7-16-14-13-6-8-19-15(13)18-10-17-14/h6,8,10-12H,2-5,7,9H2,1H3,(H,16,17,18). The molecule has 0 aliphatic heterocycles. The van der Waals surface area contributed by atoms with Crippen LogP contribution < -0.4 is 5.32 Å². The first kappa shape index (κ1) is 12.9. The van der Waals surface area contributed by atoms with Crippen LogP contribution in [0.4, 0.5) is 5.82 Å². The summed E-state index contributed by atoms with van der Waals surface area (Å²) < 4.78 is 0. The molecule has 2 unspecified atom stereocenters. The van der Waals surface area contributed by atoms with Crippen molar-refractivity contribution in [1.29, 1.82) is 0 Å². The lowest BCUT2D eigenvalue weighted by Crippen LogP contribution is -2.16. The minimum absolute atomic E-state index is 0.899. The van der Waals surface area contributed by atoms with Crippen LogP contribution in [0.25, 0.3) is 10.2 Å². The van der Waals surface area contributed by atoms with Crippen molar-refractivity contribution in [2.45, 2.75) is 39.0 Å². The summed E-state index contributed by atoms with van der Waals surface area (Å²) in [6, 6.07) is 2.10. The van der Waals surface area contributed by atoms with Crippen LogP contribution in [0.3, 0.4) is 0 Å². The molecular weight excluding hydrogens is 254 g/mol. The van der Waals surface area contributed by atoms with Gasteiger partial charge in [-0.2, -0.15) is 0 Å². The van der Waals surface area contributed by atoms with Crippen LogP contribution in [-0.2, 0) is 0 Å². The number of nitrogens with zero attached hydrogens (tertiary/aromatic N) is 2. The Morgan fingerprint density at radius 3 is 3.21 bits per heavy atom. The fraction of sp³-hybridized carbons (Fsp3) is 0.600. The second-order valence-corrected chi connectivity index (χ2v) is 6.61. The first-order valence-corrected chi connectivity index (χ1v) is 8.13. The Kier molecular flexibility index (Phi) is 3.97. The molecular formula is C15H21N3S. The van der Waals surface area contributed by atoms with Gasteiger partial charge in [-0.05, 0) is 36.1 Å². The Bertz CT molecular complexity index is 537. The second-order valence-electron chi connectivity index (χ2n) is 5.71. The van der Waals surface area contributed by atoms with Gasteiger partial charge in [0.25, 0.3) is 0 Å². The van der Waals surface area contributed by atoms with Gasteiger partial charge >= 0.3 is 0 Å². The van der Waals surface area contributed by atoms with Gasteiger partial charge in [-0.1, -0.05) is 26.2 Å². The van der Waals surface area contributed by atoms with Gasteiger partial charge in [0.2, 0.25) is 0 Å². The average molecular weight is 275 g/mol. The van der Waals surface area contributed by atoms with Gasteiger partial charge in [-0.25, -0.2) is 9.97 Å². The van der Waals surface area contributed by atoms with Crippen molar-refractivity contribution in [2.75, 3.05) is 11.9 Å². The van der Waals surface area contributed by atoms with Crippen molar-refractivity contribution in [1.82, 2.24) is 9.97 Å². The number of nitrogens with one attached hydrogen (secondary N) is 1. The number of rotatable bonds is 4. The maximum atomic E-state index is 4.36. The number of thiophene rings is 1. The molecule has 4 heteroatoms. The van der Waals surface area contributed by atoms with E-state index in [4.69, 9.17) is 0 Å². The molecule has 0 radical (unpaired) electrons. The van der Waals surface area contributed by atoms with Gasteiger partial charge in [0.15, 0.2) is 0 Å². The molecule has 0 amide bonds. The summed E-state index contributed by atoms with van der Waals surface area (Å²) in [5, 5.41) is 6.73. The first-order valence-electron chi connectivity index (χ1n) is 7.25. The molecule has 2 aromatic heterocycles. The van der Waals surface area contributed by atoms with E-state index in [1.165, 1.54) is 32.1 Å². The van der Waals surface area contributed by atoms with Gasteiger partial charge in [0.05, 0.1) is 5.39 Å². The highest BCUT2D eigenvalue weighted by molar-refractivity contribution is 7.16. The normalized spacial score (nSPS) is 23.6. The number of aromatic nitrogens is 2. The van der Waals surface area contributed by atoms with Crippen LogP contribution in [0.1, 0.15) is 39.0 Å². The highest BCUT2D eigenvalue weighted by atomic mass is 32.1. The summed E-state index contributed by atoms with van der Waals surface area (Å²) in [7, 11) is 0. The van der Waals surface area contributed by atoms with Crippen LogP contribution in [0, 0.1) is 11.8 Å². The maximum Gasteiger partial charge on any atom is 0.138 e. The van der Waals surface area contributed by atoms with Gasteiger partial charge in [0.1, 0.15) is 17.0 Å². The van der Waals surface area contributed by atoms with Gasteiger partial charge in [-0.15, -0.1) is 11.3 Å². The molecule has 2 aromatic rings. The van der Waals surface area contributed by atoms with Crippen LogP contribution in [0.15, 0.2) is 17.8 Å². The Morgan fingerprint density at radius 2 is 2.32 bits per heavy atom. The van der Waals surface area contributed by atoms with Crippen molar-refractivity contribution < 1.29 is 0 Å². The van der Waals surface area contributed by atoms with E-state index in [2.05, 4.69) is 33.7 Å². The van der Waals surface area contributed by atoms with Gasteiger partial charge < -0.3 is 5.32 Å². The Hall–Kier alpha value is -1.16. The zero-order chi connectivity index (χ0) is 13.1. The Balaban J connectivity index is 1.56. The Morgan fingerprint density at radius 1 is 1.37 bits per heavy atom. The van der Waals surface area contributed by atoms with E-state index in [1.807, 2.05) is 0 Å². The fourth-order valence-electron chi connectivity index (χ4n) is 3.15. The lowest BCUT2D eigenvalue weighted by Gasteiger charge is -2.26. The molecule has 3 nitrogen and oxygen atoms in total. The number of hydrogen-bond acceptors (Lipinski definition) is 4. The SMILES string of the molecule is CC1CCCC(CCNc2ncnc3sccc23)C1. The largest absolute Gasteiger partial charge is 0.369 e. The number of anilines is 1. The third-order valence-corrected chi connectivity index (χ3v) is 4.97. The van der Waals surface area contributed by atoms with Gasteiger partial charge in [-0.3, -0.25) is 0 Å². The van der Waals surface area contributed by atoms with E-state index in [9.17, 15) is 0 Å². The summed E-state index contributed by atoms with van der Waals surface area (Å²) in [4.78, 5) is 9.71. The maximum absolute atomic E-state index is 4.36. The first-order chi connectivity index (χ1) is 9.33. The zero-order valence-electron chi connectivity index (χ0n) is 11.4. The molecule has 1 aliphatic rings. The van der Waals surface area contributed by atoms with Crippen LogP contribution >= 0.6 is 11.3 Å². The molecule has 1 aliphatic carbocycles. The van der Waals surface area contributed by atoms with Crippen molar-refractivity contribution in [3.8, 4) is 0 Å². The molecule has 0 bridgehead atoms. The third-order valence-electron chi connectivity index (χ3n) is 4.15. The van der Waals surface area contributed by atoms with E-state index >= 15 is 0 Å². The van der Waals surface area contributed by atoms with Gasteiger partial charge in [0, 0.05) is 6.54 Å². The molecule has 1 fully saturated rings. The lowest BCUT2D eigenvalue weighted by molar-refractivity contribution is 0.274. The third kappa shape index (κ3) is 3.06. The molecule has 3 rings (SSSR count). The molecule has 2 heterocycles. The topological polar surface area (TPSA) is 37.8 Å². The van der Waals surface area contributed by atoms with Crippen LogP contribution in [-0.4, -0.2) is 16.5 Å².